The summed E-state index contributed by atoms with van der Waals surface area (Å²) in [7, 11) is -1.81. The van der Waals surface area contributed by atoms with Gasteiger partial charge in [-0.05, 0) is 6.92 Å². The van der Waals surface area contributed by atoms with Crippen molar-refractivity contribution in [3.8, 4) is 0 Å². The minimum Gasteiger partial charge on any atom is -0.382 e. The Bertz CT molecular complexity index is 430. The average Bonchev–Trinajstić information content (AvgIpc) is 2.62. The summed E-state index contributed by atoms with van der Waals surface area (Å²) < 4.78 is 35.4. The van der Waals surface area contributed by atoms with Gasteiger partial charge < -0.3 is 9.47 Å². The largest absolute Gasteiger partial charge is 0.382 e. The summed E-state index contributed by atoms with van der Waals surface area (Å²) in [5.74, 6) is -0.0880. The summed E-state index contributed by atoms with van der Waals surface area (Å²) in [6, 6.07) is 0. The Morgan fingerprint density at radius 1 is 1.41 bits per heavy atom. The van der Waals surface area contributed by atoms with Gasteiger partial charge in [-0.2, -0.15) is 0 Å². The molecule has 0 bridgehead atoms. The van der Waals surface area contributed by atoms with E-state index in [2.05, 4.69) is 9.71 Å². The fourth-order valence-corrected chi connectivity index (χ4v) is 2.85. The molecule has 1 rings (SSSR count). The zero-order chi connectivity index (χ0) is 12.7. The third kappa shape index (κ3) is 5.97. The van der Waals surface area contributed by atoms with Crippen LogP contribution in [0.15, 0.2) is 5.38 Å². The number of aryl methyl sites for hydroxylation is 1. The van der Waals surface area contributed by atoms with Crippen molar-refractivity contribution in [1.29, 1.82) is 0 Å². The standard InChI is InChI=1S/C9H16N2O4S2/c1-8-7-16-9(10-8)11-17(12,13)6-5-15-4-3-14-2/h7H,3-6H2,1-2H3,(H,10,11). The lowest BCUT2D eigenvalue weighted by Gasteiger charge is -2.05. The fourth-order valence-electron chi connectivity index (χ4n) is 0.998. The van der Waals surface area contributed by atoms with E-state index in [4.69, 9.17) is 9.47 Å². The van der Waals surface area contributed by atoms with E-state index in [1.165, 1.54) is 11.3 Å². The van der Waals surface area contributed by atoms with Crippen LogP contribution in [0.2, 0.25) is 0 Å². The van der Waals surface area contributed by atoms with E-state index in [-0.39, 0.29) is 12.4 Å². The Labute approximate surface area is 105 Å². The van der Waals surface area contributed by atoms with Gasteiger partial charge in [0.1, 0.15) is 0 Å². The molecular weight excluding hydrogens is 264 g/mol. The van der Waals surface area contributed by atoms with Gasteiger partial charge in [0.15, 0.2) is 5.13 Å². The van der Waals surface area contributed by atoms with Gasteiger partial charge in [-0.1, -0.05) is 0 Å². The average molecular weight is 280 g/mol. The number of anilines is 1. The Morgan fingerprint density at radius 3 is 2.76 bits per heavy atom. The lowest BCUT2D eigenvalue weighted by Crippen LogP contribution is -2.20. The van der Waals surface area contributed by atoms with Crippen LogP contribution in [0, 0.1) is 6.92 Å². The van der Waals surface area contributed by atoms with Gasteiger partial charge in [-0.25, -0.2) is 13.4 Å². The first-order valence-electron chi connectivity index (χ1n) is 5.03. The minimum absolute atomic E-state index is 0.0880. The predicted octanol–water partition coefficient (Wildman–Crippen LogP) is 0.856. The summed E-state index contributed by atoms with van der Waals surface area (Å²) >= 11 is 1.26. The van der Waals surface area contributed by atoms with E-state index >= 15 is 0 Å². The highest BCUT2D eigenvalue weighted by molar-refractivity contribution is 7.92. The SMILES string of the molecule is COCCOCCS(=O)(=O)Nc1nc(C)cs1. The summed E-state index contributed by atoms with van der Waals surface area (Å²) in [5, 5.41) is 2.17. The molecule has 0 amide bonds. The number of sulfonamides is 1. The molecule has 0 aliphatic heterocycles. The highest BCUT2D eigenvalue weighted by atomic mass is 32.2. The third-order valence-corrected chi connectivity index (χ3v) is 4.00. The molecule has 0 aliphatic carbocycles. The molecule has 1 aromatic rings. The van der Waals surface area contributed by atoms with Gasteiger partial charge in [-0.3, -0.25) is 4.72 Å². The van der Waals surface area contributed by atoms with E-state index < -0.39 is 10.0 Å². The van der Waals surface area contributed by atoms with Crippen molar-refractivity contribution in [1.82, 2.24) is 4.98 Å². The summed E-state index contributed by atoms with van der Waals surface area (Å²) in [4.78, 5) is 4.02. The number of hydrogen-bond donors (Lipinski definition) is 1. The third-order valence-electron chi connectivity index (χ3n) is 1.79. The number of thiazole rings is 1. The van der Waals surface area contributed by atoms with Crippen LogP contribution < -0.4 is 4.72 Å². The molecule has 0 aliphatic rings. The fraction of sp³-hybridized carbons (Fsp3) is 0.667. The first-order chi connectivity index (χ1) is 8.03. The number of methoxy groups -OCH3 is 1. The van der Waals surface area contributed by atoms with E-state index in [0.29, 0.717) is 18.3 Å². The van der Waals surface area contributed by atoms with Crippen LogP contribution in [0.5, 0.6) is 0 Å². The molecule has 0 atom stereocenters. The summed E-state index contributed by atoms with van der Waals surface area (Å²) in [5.41, 5.74) is 0.795. The molecule has 8 heteroatoms. The van der Waals surface area contributed by atoms with Crippen LogP contribution in [-0.2, 0) is 19.5 Å². The quantitative estimate of drug-likeness (QED) is 0.715. The first kappa shape index (κ1) is 14.4. The maximum absolute atomic E-state index is 11.6. The zero-order valence-electron chi connectivity index (χ0n) is 9.80. The van der Waals surface area contributed by atoms with Crippen LogP contribution in [0.4, 0.5) is 5.13 Å². The second kappa shape index (κ2) is 6.90. The molecule has 1 heterocycles. The molecule has 0 saturated carbocycles. The molecular formula is C9H16N2O4S2. The van der Waals surface area contributed by atoms with E-state index in [0.717, 1.165) is 5.69 Å². The summed E-state index contributed by atoms with van der Waals surface area (Å²) in [6.45, 7) is 2.80. The zero-order valence-corrected chi connectivity index (χ0v) is 11.4. The summed E-state index contributed by atoms with van der Waals surface area (Å²) in [6.07, 6.45) is 0. The van der Waals surface area contributed by atoms with Gasteiger partial charge in [-0.15, -0.1) is 11.3 Å². The topological polar surface area (TPSA) is 77.5 Å². The smallest absolute Gasteiger partial charge is 0.236 e. The van der Waals surface area contributed by atoms with Crippen molar-refractivity contribution in [2.45, 2.75) is 6.92 Å². The molecule has 6 nitrogen and oxygen atoms in total. The van der Waals surface area contributed by atoms with Gasteiger partial charge >= 0.3 is 0 Å². The molecule has 0 radical (unpaired) electrons. The monoisotopic (exact) mass is 280 g/mol. The molecule has 1 N–H and O–H groups in total. The minimum atomic E-state index is -3.38. The van der Waals surface area contributed by atoms with Crippen LogP contribution >= 0.6 is 11.3 Å². The van der Waals surface area contributed by atoms with Gasteiger partial charge in [0.25, 0.3) is 0 Å². The normalized spacial score (nSPS) is 11.6. The predicted molar refractivity (Wildman–Crippen MR) is 67.0 cm³/mol. The van der Waals surface area contributed by atoms with Gasteiger partial charge in [0.05, 0.1) is 31.3 Å². The molecule has 0 saturated heterocycles. The first-order valence-corrected chi connectivity index (χ1v) is 7.56. The van der Waals surface area contributed by atoms with Crippen molar-refractivity contribution in [3.63, 3.8) is 0 Å². The maximum Gasteiger partial charge on any atom is 0.236 e. The Hall–Kier alpha value is -0.700. The second-order valence-electron chi connectivity index (χ2n) is 3.32. The number of aromatic nitrogens is 1. The van der Waals surface area contributed by atoms with E-state index in [1.807, 2.05) is 6.92 Å². The van der Waals surface area contributed by atoms with Gasteiger partial charge in [0, 0.05) is 12.5 Å². The highest BCUT2D eigenvalue weighted by Crippen LogP contribution is 2.15. The number of nitrogens with one attached hydrogen (secondary N) is 1. The Balaban J connectivity index is 2.31. The molecule has 0 unspecified atom stereocenters. The van der Waals surface area contributed by atoms with Crippen molar-refractivity contribution in [3.05, 3.63) is 11.1 Å². The Morgan fingerprint density at radius 2 is 2.18 bits per heavy atom. The molecule has 0 fully saturated rings. The highest BCUT2D eigenvalue weighted by Gasteiger charge is 2.12. The maximum atomic E-state index is 11.6. The van der Waals surface area contributed by atoms with Crippen LogP contribution in [0.1, 0.15) is 5.69 Å². The van der Waals surface area contributed by atoms with Crippen molar-refractivity contribution < 1.29 is 17.9 Å². The number of hydrogen-bond acceptors (Lipinski definition) is 6. The number of rotatable bonds is 8. The van der Waals surface area contributed by atoms with Crippen molar-refractivity contribution in [2.75, 3.05) is 37.4 Å². The lowest BCUT2D eigenvalue weighted by atomic mass is 10.6. The van der Waals surface area contributed by atoms with Crippen LogP contribution in [0.3, 0.4) is 0 Å². The van der Waals surface area contributed by atoms with Crippen LogP contribution in [0.25, 0.3) is 0 Å². The van der Waals surface area contributed by atoms with Crippen molar-refractivity contribution in [2.24, 2.45) is 0 Å². The van der Waals surface area contributed by atoms with Crippen LogP contribution in [-0.4, -0.2) is 46.1 Å². The Kier molecular flexibility index (Phi) is 5.83. The molecule has 98 valence electrons. The number of ether oxygens (including phenoxy) is 2. The lowest BCUT2D eigenvalue weighted by molar-refractivity contribution is 0.0785. The van der Waals surface area contributed by atoms with E-state index in [1.54, 1.807) is 12.5 Å². The second-order valence-corrected chi connectivity index (χ2v) is 6.02. The molecule has 0 spiro atoms. The number of nitrogens with zero attached hydrogens (tertiary/aromatic N) is 1. The van der Waals surface area contributed by atoms with Gasteiger partial charge in [0.2, 0.25) is 10.0 Å². The molecule has 17 heavy (non-hydrogen) atoms. The molecule has 0 aromatic carbocycles. The van der Waals surface area contributed by atoms with Crippen molar-refractivity contribution >= 4 is 26.5 Å². The molecule has 1 aromatic heterocycles. The van der Waals surface area contributed by atoms with E-state index in [9.17, 15) is 8.42 Å².